The van der Waals surface area contributed by atoms with Crippen molar-refractivity contribution in [3.8, 4) is 0 Å². The zero-order valence-electron chi connectivity index (χ0n) is 25.0. The summed E-state index contributed by atoms with van der Waals surface area (Å²) >= 11 is 0. The van der Waals surface area contributed by atoms with Crippen molar-refractivity contribution < 1.29 is 0 Å². The molecule has 8 N–H and O–H groups in total. The maximum absolute atomic E-state index is 7.69. The van der Waals surface area contributed by atoms with Gasteiger partial charge in [-0.05, 0) is 61.5 Å². The molecule has 4 aromatic rings. The largest absolute Gasteiger partial charge is 0.329 e. The number of aromatic nitrogens is 4. The van der Waals surface area contributed by atoms with Crippen LogP contribution in [0.15, 0.2) is 97.6 Å². The fourth-order valence-electron chi connectivity index (χ4n) is 5.37. The van der Waals surface area contributed by atoms with Crippen LogP contribution in [-0.2, 0) is 25.7 Å². The van der Waals surface area contributed by atoms with Crippen LogP contribution >= 0.6 is 0 Å². The van der Waals surface area contributed by atoms with Crippen molar-refractivity contribution in [1.82, 2.24) is 41.4 Å². The van der Waals surface area contributed by atoms with Gasteiger partial charge in [-0.15, -0.1) is 0 Å². The lowest BCUT2D eigenvalue weighted by atomic mass is 9.67. The molecule has 0 aliphatic heterocycles. The van der Waals surface area contributed by atoms with Crippen molar-refractivity contribution in [3.05, 3.63) is 120 Å². The molecule has 0 unspecified atom stereocenters. The highest BCUT2D eigenvalue weighted by atomic mass is 15.4. The Balaban J connectivity index is 1.65. The van der Waals surface area contributed by atoms with Crippen molar-refractivity contribution in [2.75, 3.05) is 39.3 Å². The molecule has 0 saturated carbocycles. The number of hydrogen-bond donors (Lipinski definition) is 6. The van der Waals surface area contributed by atoms with Gasteiger partial charge in [0.1, 0.15) is 0 Å². The van der Waals surface area contributed by atoms with E-state index in [0.717, 1.165) is 61.9 Å². The normalized spacial score (nSPS) is 12.0. The number of nitrogens with zero attached hydrogens (tertiary/aromatic N) is 4. The summed E-state index contributed by atoms with van der Waals surface area (Å²) < 4.78 is 0. The Morgan fingerprint density at radius 3 is 1.40 bits per heavy atom. The standard InChI is InChI=1S/C33H46N10/c34-14-21-37-23-22-36-15-9-20-42-43-33(26-30-12-3-7-18-40-30,27-31-13-4-8-19-41-31)32(35,24-28-10-1-5-16-38-28)25-29-11-2-6-17-39-29/h1-8,10-13,16-19,36-37,42-43H,9,14-15,20-27,34-35H2. The van der Waals surface area contributed by atoms with E-state index >= 15 is 0 Å². The summed E-state index contributed by atoms with van der Waals surface area (Å²) in [6.45, 7) is 4.92. The SMILES string of the molecule is NCCNCCNCCCNNC(Cc1ccccn1)(Cc1ccccn1)C(N)(Cc1ccccn1)Cc1ccccn1. The molecular weight excluding hydrogens is 536 g/mol. The van der Waals surface area contributed by atoms with Crippen molar-refractivity contribution in [3.63, 3.8) is 0 Å². The van der Waals surface area contributed by atoms with Gasteiger partial charge in [0, 0.05) is 112 Å². The van der Waals surface area contributed by atoms with E-state index in [9.17, 15) is 0 Å². The first kappa shape index (κ1) is 32.3. The second-order valence-electron chi connectivity index (χ2n) is 10.9. The maximum Gasteiger partial charge on any atom is 0.0620 e. The van der Waals surface area contributed by atoms with Crippen LogP contribution in [0.2, 0.25) is 0 Å². The third-order valence-corrected chi connectivity index (χ3v) is 7.60. The molecule has 0 bridgehead atoms. The first-order chi connectivity index (χ1) is 21.1. The van der Waals surface area contributed by atoms with Gasteiger partial charge in [-0.2, -0.15) is 0 Å². The smallest absolute Gasteiger partial charge is 0.0620 e. The van der Waals surface area contributed by atoms with Crippen molar-refractivity contribution in [2.45, 2.75) is 43.2 Å². The zero-order valence-corrected chi connectivity index (χ0v) is 25.0. The molecule has 0 spiro atoms. The minimum Gasteiger partial charge on any atom is -0.329 e. The van der Waals surface area contributed by atoms with Gasteiger partial charge in [-0.3, -0.25) is 25.4 Å². The molecule has 10 nitrogen and oxygen atoms in total. The third-order valence-electron chi connectivity index (χ3n) is 7.60. The highest BCUT2D eigenvalue weighted by molar-refractivity contribution is 5.26. The number of hydrogen-bond acceptors (Lipinski definition) is 10. The summed E-state index contributed by atoms with van der Waals surface area (Å²) in [5, 5.41) is 6.79. The average Bonchev–Trinajstić information content (AvgIpc) is 3.04. The minimum absolute atomic E-state index is 0.524. The summed E-state index contributed by atoms with van der Waals surface area (Å²) in [7, 11) is 0. The van der Waals surface area contributed by atoms with E-state index in [1.807, 2.05) is 85.5 Å². The average molecular weight is 583 g/mol. The zero-order chi connectivity index (χ0) is 30.1. The first-order valence-corrected chi connectivity index (χ1v) is 15.1. The van der Waals surface area contributed by atoms with E-state index in [-0.39, 0.29) is 0 Å². The van der Waals surface area contributed by atoms with Crippen molar-refractivity contribution in [1.29, 1.82) is 0 Å². The van der Waals surface area contributed by atoms with E-state index in [2.05, 4.69) is 43.6 Å². The van der Waals surface area contributed by atoms with Gasteiger partial charge in [-0.25, -0.2) is 5.43 Å². The third kappa shape index (κ3) is 10.2. The summed E-state index contributed by atoms with van der Waals surface area (Å²) in [5.74, 6) is 0. The lowest BCUT2D eigenvalue weighted by Gasteiger charge is -2.49. The van der Waals surface area contributed by atoms with Crippen molar-refractivity contribution in [2.24, 2.45) is 11.5 Å². The number of nitrogens with two attached hydrogens (primary N) is 2. The van der Waals surface area contributed by atoms with Crippen LogP contribution in [0.1, 0.15) is 29.2 Å². The topological polar surface area (TPSA) is 152 Å². The van der Waals surface area contributed by atoms with Gasteiger partial charge < -0.3 is 22.1 Å². The van der Waals surface area contributed by atoms with Crippen LogP contribution in [0.25, 0.3) is 0 Å². The molecule has 0 fully saturated rings. The highest BCUT2D eigenvalue weighted by Gasteiger charge is 2.50. The Morgan fingerprint density at radius 1 is 0.535 bits per heavy atom. The van der Waals surface area contributed by atoms with Gasteiger partial charge in [0.25, 0.3) is 0 Å². The molecule has 228 valence electrons. The van der Waals surface area contributed by atoms with Crippen LogP contribution in [0.5, 0.6) is 0 Å². The summed E-state index contributed by atoms with van der Waals surface area (Å²) in [6.07, 6.45) is 10.4. The fraction of sp³-hybridized carbons (Fsp3) is 0.394. The molecule has 0 aromatic carbocycles. The van der Waals surface area contributed by atoms with Gasteiger partial charge in [0.15, 0.2) is 0 Å². The molecule has 43 heavy (non-hydrogen) atoms. The molecule has 0 radical (unpaired) electrons. The van der Waals surface area contributed by atoms with Crippen LogP contribution in [0.3, 0.4) is 0 Å². The Hall–Kier alpha value is -3.64. The molecule has 4 rings (SSSR count). The molecule has 0 aliphatic carbocycles. The monoisotopic (exact) mass is 582 g/mol. The van der Waals surface area contributed by atoms with E-state index in [1.54, 1.807) is 0 Å². The Kier molecular flexibility index (Phi) is 13.1. The first-order valence-electron chi connectivity index (χ1n) is 15.1. The van der Waals surface area contributed by atoms with E-state index in [0.29, 0.717) is 32.2 Å². The van der Waals surface area contributed by atoms with E-state index in [1.165, 1.54) is 0 Å². The molecule has 0 amide bonds. The molecule has 0 aliphatic rings. The molecule has 0 atom stereocenters. The van der Waals surface area contributed by atoms with E-state index in [4.69, 9.17) is 21.4 Å². The number of nitrogens with one attached hydrogen (secondary N) is 4. The van der Waals surface area contributed by atoms with Crippen LogP contribution in [0, 0.1) is 0 Å². The van der Waals surface area contributed by atoms with E-state index < -0.39 is 11.1 Å². The van der Waals surface area contributed by atoms with Crippen LogP contribution in [-0.4, -0.2) is 70.3 Å². The number of hydrazine groups is 1. The van der Waals surface area contributed by atoms with Crippen LogP contribution in [0.4, 0.5) is 0 Å². The fourth-order valence-corrected chi connectivity index (χ4v) is 5.37. The van der Waals surface area contributed by atoms with Gasteiger partial charge in [-0.1, -0.05) is 24.3 Å². The minimum atomic E-state index is -0.843. The van der Waals surface area contributed by atoms with Crippen LogP contribution < -0.4 is 33.0 Å². The van der Waals surface area contributed by atoms with Gasteiger partial charge in [0.2, 0.25) is 0 Å². The highest BCUT2D eigenvalue weighted by Crippen LogP contribution is 2.33. The lowest BCUT2D eigenvalue weighted by molar-refractivity contribution is 0.133. The predicted octanol–water partition coefficient (Wildman–Crippen LogP) is 1.60. The quantitative estimate of drug-likeness (QED) is 0.0670. The Morgan fingerprint density at radius 2 is 0.977 bits per heavy atom. The van der Waals surface area contributed by atoms with Gasteiger partial charge in [0.05, 0.1) is 5.54 Å². The number of rotatable bonds is 20. The second kappa shape index (κ2) is 17.5. The Bertz CT molecular complexity index is 1190. The molecule has 4 aromatic heterocycles. The van der Waals surface area contributed by atoms with Crippen molar-refractivity contribution >= 4 is 0 Å². The summed E-state index contributed by atoms with van der Waals surface area (Å²) in [6, 6.07) is 24.0. The molecule has 4 heterocycles. The second-order valence-corrected chi connectivity index (χ2v) is 10.9. The van der Waals surface area contributed by atoms with Gasteiger partial charge >= 0.3 is 0 Å². The molecule has 0 saturated heterocycles. The number of pyridine rings is 4. The Labute approximate surface area is 255 Å². The summed E-state index contributed by atoms with van der Waals surface area (Å²) in [5.41, 5.74) is 22.7. The lowest BCUT2D eigenvalue weighted by Crippen LogP contribution is -2.74. The predicted molar refractivity (Wildman–Crippen MR) is 172 cm³/mol. The summed E-state index contributed by atoms with van der Waals surface area (Å²) in [4.78, 5) is 18.8. The molecular formula is C33H46N10. The molecule has 10 heteroatoms. The maximum atomic E-state index is 7.69.